The monoisotopic (exact) mass is 339 g/mol. The van der Waals surface area contributed by atoms with Crippen LogP contribution in [-0.4, -0.2) is 41.9 Å². The van der Waals surface area contributed by atoms with Crippen LogP contribution in [0.25, 0.3) is 0 Å². The van der Waals surface area contributed by atoms with Crippen LogP contribution >= 0.6 is 0 Å². The van der Waals surface area contributed by atoms with E-state index in [2.05, 4.69) is 10.3 Å². The molecule has 1 atom stereocenters. The lowest BCUT2D eigenvalue weighted by molar-refractivity contribution is -0.121. The van der Waals surface area contributed by atoms with Crippen LogP contribution in [0.2, 0.25) is 0 Å². The summed E-state index contributed by atoms with van der Waals surface area (Å²) in [7, 11) is 1.53. The first kappa shape index (κ1) is 17.0. The van der Waals surface area contributed by atoms with Crippen LogP contribution in [0, 0.1) is 5.92 Å². The van der Waals surface area contributed by atoms with Crippen LogP contribution in [0.1, 0.15) is 23.2 Å². The lowest BCUT2D eigenvalue weighted by Crippen LogP contribution is -2.43. The second-order valence-corrected chi connectivity index (χ2v) is 6.03. The highest BCUT2D eigenvalue weighted by Gasteiger charge is 2.29. The molecule has 1 aliphatic heterocycles. The topological polar surface area (TPSA) is 71.5 Å². The van der Waals surface area contributed by atoms with E-state index in [1.807, 2.05) is 30.3 Å². The summed E-state index contributed by atoms with van der Waals surface area (Å²) < 4.78 is 5.01. The second kappa shape index (κ2) is 7.79. The molecule has 3 rings (SSSR count). The number of amides is 2. The number of likely N-dealkylation sites (tertiary alicyclic amines) is 1. The number of nitrogens with one attached hydrogen (secondary N) is 1. The van der Waals surface area contributed by atoms with E-state index >= 15 is 0 Å². The first-order valence-electron chi connectivity index (χ1n) is 8.32. The van der Waals surface area contributed by atoms with Gasteiger partial charge in [0.05, 0.1) is 18.6 Å². The van der Waals surface area contributed by atoms with Gasteiger partial charge in [0.15, 0.2) is 0 Å². The van der Waals surface area contributed by atoms with E-state index in [0.717, 1.165) is 18.5 Å². The number of hydrogen-bond donors (Lipinski definition) is 1. The molecule has 6 heteroatoms. The lowest BCUT2D eigenvalue weighted by Gasteiger charge is -2.32. The number of rotatable bonds is 4. The van der Waals surface area contributed by atoms with Gasteiger partial charge in [0.25, 0.3) is 5.91 Å². The Labute approximate surface area is 146 Å². The summed E-state index contributed by atoms with van der Waals surface area (Å²) in [4.78, 5) is 30.9. The summed E-state index contributed by atoms with van der Waals surface area (Å²) in [6, 6.07) is 12.7. The molecule has 0 unspecified atom stereocenters. The van der Waals surface area contributed by atoms with E-state index in [1.54, 1.807) is 17.0 Å². The summed E-state index contributed by atoms with van der Waals surface area (Å²) in [5.74, 6) is 0.114. The van der Waals surface area contributed by atoms with Crippen molar-refractivity contribution >= 4 is 17.5 Å². The van der Waals surface area contributed by atoms with Crippen LogP contribution < -0.4 is 10.1 Å². The van der Waals surface area contributed by atoms with Crippen molar-refractivity contribution in [2.45, 2.75) is 12.8 Å². The molecule has 1 N–H and O–H groups in total. The third-order valence-electron chi connectivity index (χ3n) is 4.31. The fourth-order valence-electron chi connectivity index (χ4n) is 2.95. The van der Waals surface area contributed by atoms with E-state index in [0.29, 0.717) is 24.5 Å². The number of hydrogen-bond acceptors (Lipinski definition) is 4. The predicted molar refractivity (Wildman–Crippen MR) is 94.5 cm³/mol. The van der Waals surface area contributed by atoms with Gasteiger partial charge in [0, 0.05) is 31.0 Å². The van der Waals surface area contributed by atoms with Crippen LogP contribution in [0.4, 0.5) is 5.69 Å². The van der Waals surface area contributed by atoms with E-state index in [4.69, 9.17) is 4.74 Å². The maximum atomic E-state index is 12.6. The molecule has 1 fully saturated rings. The van der Waals surface area contributed by atoms with E-state index in [-0.39, 0.29) is 17.7 Å². The average Bonchev–Trinajstić information content (AvgIpc) is 2.68. The highest BCUT2D eigenvalue weighted by molar-refractivity contribution is 5.96. The van der Waals surface area contributed by atoms with E-state index in [9.17, 15) is 9.59 Å². The standard InChI is InChI=1S/C19H21N3O3/c1-25-17-10-9-14(12-20-17)19(24)22-11-5-6-15(13-22)18(23)21-16-7-3-2-4-8-16/h2-4,7-10,12,15H,5-6,11,13H2,1H3,(H,21,23)/t15-/m0/s1. The molecular formula is C19H21N3O3. The van der Waals surface area contributed by atoms with Crippen LogP contribution in [0.3, 0.4) is 0 Å². The summed E-state index contributed by atoms with van der Waals surface area (Å²) in [5, 5.41) is 2.92. The lowest BCUT2D eigenvalue weighted by atomic mass is 9.96. The van der Waals surface area contributed by atoms with Crippen LogP contribution in [-0.2, 0) is 4.79 Å². The minimum absolute atomic E-state index is 0.0449. The second-order valence-electron chi connectivity index (χ2n) is 6.03. The zero-order chi connectivity index (χ0) is 17.6. The predicted octanol–water partition coefficient (Wildman–Crippen LogP) is 2.58. The summed E-state index contributed by atoms with van der Waals surface area (Å²) in [6.07, 6.45) is 3.10. The Hall–Kier alpha value is -2.89. The number of methoxy groups -OCH3 is 1. The number of benzene rings is 1. The number of pyridine rings is 1. The van der Waals surface area contributed by atoms with Crippen molar-refractivity contribution < 1.29 is 14.3 Å². The quantitative estimate of drug-likeness (QED) is 0.929. The molecular weight excluding hydrogens is 318 g/mol. The van der Waals surface area contributed by atoms with Gasteiger partial charge in [0.2, 0.25) is 11.8 Å². The van der Waals surface area contributed by atoms with Crippen molar-refractivity contribution in [3.8, 4) is 5.88 Å². The van der Waals surface area contributed by atoms with Crippen molar-refractivity contribution in [2.75, 3.05) is 25.5 Å². The molecule has 0 bridgehead atoms. The number of aromatic nitrogens is 1. The number of piperidine rings is 1. The molecule has 0 radical (unpaired) electrons. The molecule has 0 spiro atoms. The fourth-order valence-corrected chi connectivity index (χ4v) is 2.95. The summed E-state index contributed by atoms with van der Waals surface area (Å²) >= 11 is 0. The SMILES string of the molecule is COc1ccc(C(=O)N2CCC[C@H](C(=O)Nc3ccccc3)C2)cn1. The van der Waals surface area contributed by atoms with Crippen molar-refractivity contribution in [3.63, 3.8) is 0 Å². The number of anilines is 1. The zero-order valence-corrected chi connectivity index (χ0v) is 14.1. The Morgan fingerprint density at radius 2 is 2.00 bits per heavy atom. The molecule has 2 heterocycles. The number of carbonyl (C=O) groups excluding carboxylic acids is 2. The van der Waals surface area contributed by atoms with Gasteiger partial charge in [0.1, 0.15) is 0 Å². The minimum Gasteiger partial charge on any atom is -0.481 e. The molecule has 1 saturated heterocycles. The Morgan fingerprint density at radius 1 is 1.20 bits per heavy atom. The molecule has 2 amide bonds. The smallest absolute Gasteiger partial charge is 0.255 e. The Balaban J connectivity index is 1.63. The molecule has 130 valence electrons. The molecule has 0 aliphatic carbocycles. The molecule has 25 heavy (non-hydrogen) atoms. The summed E-state index contributed by atoms with van der Waals surface area (Å²) in [5.41, 5.74) is 1.28. The van der Waals surface area contributed by atoms with Crippen molar-refractivity contribution in [1.82, 2.24) is 9.88 Å². The number of nitrogens with zero attached hydrogens (tertiary/aromatic N) is 2. The minimum atomic E-state index is -0.205. The maximum Gasteiger partial charge on any atom is 0.255 e. The first-order chi connectivity index (χ1) is 12.2. The first-order valence-corrected chi connectivity index (χ1v) is 8.32. The summed E-state index contributed by atoms with van der Waals surface area (Å²) in [6.45, 7) is 1.07. The molecule has 1 aromatic heterocycles. The van der Waals surface area contributed by atoms with Gasteiger partial charge in [-0.15, -0.1) is 0 Å². The number of carbonyl (C=O) groups is 2. The Kier molecular flexibility index (Phi) is 5.28. The average molecular weight is 339 g/mol. The molecule has 2 aromatic rings. The Morgan fingerprint density at radius 3 is 2.68 bits per heavy atom. The van der Waals surface area contributed by atoms with Gasteiger partial charge in [-0.2, -0.15) is 0 Å². The van der Waals surface area contributed by atoms with Crippen molar-refractivity contribution in [3.05, 3.63) is 54.2 Å². The third-order valence-corrected chi connectivity index (χ3v) is 4.31. The van der Waals surface area contributed by atoms with E-state index in [1.165, 1.54) is 13.3 Å². The van der Waals surface area contributed by atoms with Crippen molar-refractivity contribution in [1.29, 1.82) is 0 Å². The maximum absolute atomic E-state index is 12.6. The van der Waals surface area contributed by atoms with Gasteiger partial charge in [-0.25, -0.2) is 4.98 Å². The highest BCUT2D eigenvalue weighted by Crippen LogP contribution is 2.21. The van der Waals surface area contributed by atoms with Gasteiger partial charge in [-0.3, -0.25) is 9.59 Å². The zero-order valence-electron chi connectivity index (χ0n) is 14.1. The van der Waals surface area contributed by atoms with Crippen LogP contribution in [0.15, 0.2) is 48.7 Å². The third kappa shape index (κ3) is 4.15. The van der Waals surface area contributed by atoms with Crippen molar-refractivity contribution in [2.24, 2.45) is 5.92 Å². The highest BCUT2D eigenvalue weighted by atomic mass is 16.5. The largest absolute Gasteiger partial charge is 0.481 e. The van der Waals surface area contributed by atoms with E-state index < -0.39 is 0 Å². The van der Waals surface area contributed by atoms with Gasteiger partial charge >= 0.3 is 0 Å². The van der Waals surface area contributed by atoms with Gasteiger partial charge in [-0.1, -0.05) is 18.2 Å². The fraction of sp³-hybridized carbons (Fsp3) is 0.316. The molecule has 0 saturated carbocycles. The van der Waals surface area contributed by atoms with Gasteiger partial charge < -0.3 is 15.0 Å². The molecule has 1 aliphatic rings. The van der Waals surface area contributed by atoms with Gasteiger partial charge in [-0.05, 0) is 31.0 Å². The molecule has 1 aromatic carbocycles. The normalized spacial score (nSPS) is 17.0. The number of ether oxygens (including phenoxy) is 1. The van der Waals surface area contributed by atoms with Crippen LogP contribution in [0.5, 0.6) is 5.88 Å². The Bertz CT molecular complexity index is 731. The molecule has 6 nitrogen and oxygen atoms in total. The number of para-hydroxylation sites is 1.